The molecule has 0 saturated carbocycles. The first kappa shape index (κ1) is 23.0. The normalized spacial score (nSPS) is 26.8. The molecule has 30 heavy (non-hydrogen) atoms. The Kier molecular flexibility index (Phi) is 7.41. The number of rotatable bonds is 7. The number of hydroxylamine groups is 2. The second-order valence-corrected chi connectivity index (χ2v) is 9.79. The predicted molar refractivity (Wildman–Crippen MR) is 123 cm³/mol. The molecular formula is C26H40N2O2. The van der Waals surface area contributed by atoms with Crippen LogP contribution >= 0.6 is 0 Å². The Morgan fingerprint density at radius 2 is 1.87 bits per heavy atom. The van der Waals surface area contributed by atoms with E-state index in [0.717, 1.165) is 44.9 Å². The second kappa shape index (κ2) is 9.65. The summed E-state index contributed by atoms with van der Waals surface area (Å²) >= 11 is 0. The summed E-state index contributed by atoms with van der Waals surface area (Å²) in [7, 11) is 0. The summed E-state index contributed by atoms with van der Waals surface area (Å²) in [5.41, 5.74) is 0.933. The van der Waals surface area contributed by atoms with Crippen molar-refractivity contribution >= 4 is 5.91 Å². The van der Waals surface area contributed by atoms with E-state index in [0.29, 0.717) is 0 Å². The number of hydrogen-bond donors (Lipinski definition) is 1. The number of amides is 1. The highest BCUT2D eigenvalue weighted by Gasteiger charge is 2.50. The van der Waals surface area contributed by atoms with Crippen LogP contribution in [-0.4, -0.2) is 28.1 Å². The van der Waals surface area contributed by atoms with Crippen molar-refractivity contribution in [1.82, 2.24) is 10.4 Å². The minimum atomic E-state index is -0.169. The van der Waals surface area contributed by atoms with E-state index in [1.165, 1.54) is 5.56 Å². The van der Waals surface area contributed by atoms with Gasteiger partial charge in [0.25, 0.3) is 0 Å². The number of carbonyl (C=O) groups excluding carboxylic acids is 1. The Morgan fingerprint density at radius 3 is 2.47 bits per heavy atom. The topological polar surface area (TPSA) is 41.6 Å². The average molecular weight is 413 g/mol. The van der Waals surface area contributed by atoms with Crippen LogP contribution in [0, 0.1) is 5.92 Å². The molecule has 1 aromatic rings. The van der Waals surface area contributed by atoms with Crippen LogP contribution in [0.3, 0.4) is 0 Å². The molecule has 1 heterocycles. The first-order chi connectivity index (χ1) is 14.3. The third-order valence-corrected chi connectivity index (χ3v) is 7.19. The first-order valence-corrected chi connectivity index (χ1v) is 11.8. The van der Waals surface area contributed by atoms with E-state index < -0.39 is 0 Å². The molecule has 1 saturated heterocycles. The summed E-state index contributed by atoms with van der Waals surface area (Å²) < 4.78 is 0. The number of hydrogen-bond acceptors (Lipinski definition) is 3. The standard InChI is InChI=1S/C26H40N2O2/c1-6-26(7-2)19-23(27-24(29)22-16-12-9-13-17-22)18-25(4,5)28(26)30-20(3)21-14-10-8-11-15-21/h8-12,14-15,20,22-23H,6-7,13,16-19H2,1-5H3,(H,27,29). The van der Waals surface area contributed by atoms with E-state index in [-0.39, 0.29) is 35.0 Å². The van der Waals surface area contributed by atoms with Gasteiger partial charge in [-0.2, -0.15) is 5.06 Å². The fraction of sp³-hybridized carbons (Fsp3) is 0.654. The van der Waals surface area contributed by atoms with Crippen LogP contribution in [0.5, 0.6) is 0 Å². The van der Waals surface area contributed by atoms with E-state index in [9.17, 15) is 4.79 Å². The van der Waals surface area contributed by atoms with E-state index >= 15 is 0 Å². The number of allylic oxidation sites excluding steroid dienone is 2. The van der Waals surface area contributed by atoms with Gasteiger partial charge in [0.15, 0.2) is 0 Å². The van der Waals surface area contributed by atoms with Crippen molar-refractivity contribution in [3.05, 3.63) is 48.0 Å². The second-order valence-electron chi connectivity index (χ2n) is 9.79. The number of nitrogens with zero attached hydrogens (tertiary/aromatic N) is 1. The highest BCUT2D eigenvalue weighted by Crippen LogP contribution is 2.44. The molecule has 3 rings (SSSR count). The smallest absolute Gasteiger partial charge is 0.223 e. The molecule has 1 fully saturated rings. The highest BCUT2D eigenvalue weighted by molar-refractivity contribution is 5.79. The Morgan fingerprint density at radius 1 is 1.17 bits per heavy atom. The number of carbonyl (C=O) groups is 1. The zero-order chi connectivity index (χ0) is 21.8. The molecule has 166 valence electrons. The van der Waals surface area contributed by atoms with Gasteiger partial charge in [-0.25, -0.2) is 0 Å². The van der Waals surface area contributed by atoms with Gasteiger partial charge in [0.2, 0.25) is 5.91 Å². The quantitative estimate of drug-likeness (QED) is 0.562. The number of piperidine rings is 1. The van der Waals surface area contributed by atoms with E-state index in [1.807, 2.05) is 6.07 Å². The van der Waals surface area contributed by atoms with Gasteiger partial charge in [-0.05, 0) is 71.3 Å². The summed E-state index contributed by atoms with van der Waals surface area (Å²) in [4.78, 5) is 19.6. The Bertz CT molecular complexity index is 724. The van der Waals surface area contributed by atoms with Gasteiger partial charge in [0.05, 0.1) is 0 Å². The molecule has 2 aliphatic rings. The lowest BCUT2D eigenvalue weighted by Crippen LogP contribution is -2.66. The Hall–Kier alpha value is -1.65. The Balaban J connectivity index is 1.76. The minimum Gasteiger partial charge on any atom is -0.353 e. The molecule has 0 bridgehead atoms. The van der Waals surface area contributed by atoms with E-state index in [1.54, 1.807) is 0 Å². The third-order valence-electron chi connectivity index (χ3n) is 7.19. The molecule has 1 amide bonds. The van der Waals surface area contributed by atoms with E-state index in [2.05, 4.69) is 81.4 Å². The molecular weight excluding hydrogens is 372 g/mol. The average Bonchev–Trinajstić information content (AvgIpc) is 2.76. The van der Waals surface area contributed by atoms with Crippen LogP contribution in [0.15, 0.2) is 42.5 Å². The monoisotopic (exact) mass is 412 g/mol. The van der Waals surface area contributed by atoms with Crippen LogP contribution in [-0.2, 0) is 9.63 Å². The molecule has 3 atom stereocenters. The highest BCUT2D eigenvalue weighted by atomic mass is 16.7. The molecule has 1 aliphatic heterocycles. The van der Waals surface area contributed by atoms with Gasteiger partial charge in [-0.3, -0.25) is 9.63 Å². The predicted octanol–water partition coefficient (Wildman–Crippen LogP) is 5.95. The maximum absolute atomic E-state index is 12.9. The first-order valence-electron chi connectivity index (χ1n) is 11.8. The molecule has 0 aromatic heterocycles. The summed E-state index contributed by atoms with van der Waals surface area (Å²) in [5.74, 6) is 0.358. The maximum Gasteiger partial charge on any atom is 0.223 e. The van der Waals surface area contributed by atoms with Crippen molar-refractivity contribution in [1.29, 1.82) is 0 Å². The molecule has 0 radical (unpaired) electrons. The fourth-order valence-electron chi connectivity index (χ4n) is 5.42. The summed E-state index contributed by atoms with van der Waals surface area (Å²) in [6.45, 7) is 11.1. The van der Waals surface area contributed by atoms with Crippen molar-refractivity contribution < 1.29 is 9.63 Å². The van der Waals surface area contributed by atoms with Crippen molar-refractivity contribution in [3.8, 4) is 0 Å². The fourth-order valence-corrected chi connectivity index (χ4v) is 5.42. The van der Waals surface area contributed by atoms with Gasteiger partial charge in [0.1, 0.15) is 6.10 Å². The molecule has 4 nitrogen and oxygen atoms in total. The number of nitrogens with one attached hydrogen (secondary N) is 1. The summed E-state index contributed by atoms with van der Waals surface area (Å²) in [6.07, 6.45) is 11.0. The van der Waals surface area contributed by atoms with Crippen molar-refractivity contribution in [3.63, 3.8) is 0 Å². The third kappa shape index (κ3) is 4.97. The molecule has 0 spiro atoms. The Labute approximate surface area is 183 Å². The van der Waals surface area contributed by atoms with Gasteiger partial charge in [0, 0.05) is 23.0 Å². The van der Waals surface area contributed by atoms with Gasteiger partial charge in [-0.1, -0.05) is 56.3 Å². The van der Waals surface area contributed by atoms with Crippen LogP contribution in [0.4, 0.5) is 0 Å². The van der Waals surface area contributed by atoms with Gasteiger partial charge >= 0.3 is 0 Å². The lowest BCUT2D eigenvalue weighted by Gasteiger charge is -2.57. The zero-order valence-electron chi connectivity index (χ0n) is 19.5. The van der Waals surface area contributed by atoms with Gasteiger partial charge in [-0.15, -0.1) is 0 Å². The lowest BCUT2D eigenvalue weighted by molar-refractivity contribution is -0.316. The molecule has 1 N–H and O–H groups in total. The minimum absolute atomic E-state index is 0.0110. The van der Waals surface area contributed by atoms with E-state index in [4.69, 9.17) is 4.84 Å². The van der Waals surface area contributed by atoms with Crippen molar-refractivity contribution in [2.45, 2.75) is 103 Å². The van der Waals surface area contributed by atoms with Crippen LogP contribution in [0.25, 0.3) is 0 Å². The molecule has 4 heteroatoms. The van der Waals surface area contributed by atoms with Crippen LogP contribution < -0.4 is 5.32 Å². The summed E-state index contributed by atoms with van der Waals surface area (Å²) in [6, 6.07) is 10.6. The maximum atomic E-state index is 12.9. The van der Waals surface area contributed by atoms with Crippen LogP contribution in [0.2, 0.25) is 0 Å². The van der Waals surface area contributed by atoms with Crippen molar-refractivity contribution in [2.24, 2.45) is 5.92 Å². The van der Waals surface area contributed by atoms with Crippen molar-refractivity contribution in [2.75, 3.05) is 0 Å². The molecule has 3 unspecified atom stereocenters. The van der Waals surface area contributed by atoms with Gasteiger partial charge < -0.3 is 5.32 Å². The van der Waals surface area contributed by atoms with Crippen LogP contribution in [0.1, 0.15) is 91.2 Å². The summed E-state index contributed by atoms with van der Waals surface area (Å²) in [5, 5.41) is 5.70. The molecule has 1 aliphatic carbocycles. The molecule has 1 aromatic carbocycles. The SMILES string of the molecule is CCC1(CC)CC(NC(=O)C2CC=CCC2)CC(C)(C)N1OC(C)c1ccccc1. The zero-order valence-corrected chi connectivity index (χ0v) is 19.5. The largest absolute Gasteiger partial charge is 0.353 e. The lowest BCUT2D eigenvalue weighted by atomic mass is 9.74. The number of benzene rings is 1.